The lowest BCUT2D eigenvalue weighted by molar-refractivity contribution is -0.134. The number of nitrogens with zero attached hydrogens (tertiary/aromatic N) is 2. The van der Waals surface area contributed by atoms with Crippen molar-refractivity contribution >= 4 is 10.0 Å². The maximum absolute atomic E-state index is 12.0. The molecule has 0 spiro atoms. The Morgan fingerprint density at radius 2 is 2.06 bits per heavy atom. The van der Waals surface area contributed by atoms with E-state index in [-0.39, 0.29) is 9.33 Å². The third-order valence-corrected chi connectivity index (χ3v) is 3.48. The van der Waals surface area contributed by atoms with E-state index in [0.29, 0.717) is 5.82 Å². The minimum absolute atomic E-state index is 0.222. The van der Waals surface area contributed by atoms with E-state index < -0.39 is 22.7 Å². The Kier molecular flexibility index (Phi) is 3.29. The highest BCUT2D eigenvalue weighted by Gasteiger charge is 2.35. The molecule has 1 rings (SSSR count). The summed E-state index contributed by atoms with van der Waals surface area (Å²) in [6.45, 7) is -0.0316. The van der Waals surface area contributed by atoms with Gasteiger partial charge in [-0.1, -0.05) is 0 Å². The number of hydrogen-bond acceptors (Lipinski definition) is 3. The normalized spacial score (nSPS) is 13.4. The molecule has 0 unspecified atom stereocenters. The highest BCUT2D eigenvalue weighted by Crippen LogP contribution is 2.20. The Bertz CT molecular complexity index is 465. The number of aromatic amines is 1. The van der Waals surface area contributed by atoms with Crippen LogP contribution < -0.4 is 0 Å². The minimum Gasteiger partial charge on any atom is -0.332 e. The molecule has 9 heteroatoms. The largest absolute Gasteiger partial charge is 0.402 e. The van der Waals surface area contributed by atoms with Gasteiger partial charge in [0.2, 0.25) is 0 Å². The summed E-state index contributed by atoms with van der Waals surface area (Å²) in [5.41, 5.74) is 0. The molecule has 0 aliphatic rings. The van der Waals surface area contributed by atoms with E-state index in [2.05, 4.69) is 9.97 Å². The van der Waals surface area contributed by atoms with Gasteiger partial charge in [0.15, 0.2) is 5.03 Å². The maximum atomic E-state index is 12.0. The summed E-state index contributed by atoms with van der Waals surface area (Å²) < 4.78 is 59.5. The maximum Gasteiger partial charge on any atom is 0.402 e. The highest BCUT2D eigenvalue weighted by atomic mass is 32.2. The number of aromatic nitrogens is 2. The van der Waals surface area contributed by atoms with Gasteiger partial charge in [-0.3, -0.25) is 0 Å². The average molecular weight is 257 g/mol. The van der Waals surface area contributed by atoms with Gasteiger partial charge in [-0.05, 0) is 6.92 Å². The molecule has 0 aliphatic carbocycles. The molecule has 1 aromatic heterocycles. The van der Waals surface area contributed by atoms with Gasteiger partial charge < -0.3 is 4.98 Å². The molecule has 1 heterocycles. The standard InChI is InChI=1S/C7H10F3N3O2S/c1-5-11-3-6(12-5)16(14,15)13(2)4-7(8,9)10/h3H,4H2,1-2H3,(H,11,12). The second-order valence-corrected chi connectivity index (χ2v) is 5.22. The van der Waals surface area contributed by atoms with E-state index >= 15 is 0 Å². The van der Waals surface area contributed by atoms with Crippen LogP contribution in [0.15, 0.2) is 11.2 Å². The number of imidazole rings is 1. The van der Waals surface area contributed by atoms with Gasteiger partial charge in [0, 0.05) is 7.05 Å². The summed E-state index contributed by atoms with van der Waals surface area (Å²) in [4.78, 5) is 5.99. The Labute approximate surface area is 90.3 Å². The smallest absolute Gasteiger partial charge is 0.332 e. The van der Waals surface area contributed by atoms with Crippen LogP contribution in [-0.2, 0) is 10.0 Å². The summed E-state index contributed by atoms with van der Waals surface area (Å²) in [7, 11) is -3.30. The number of halogens is 3. The third kappa shape index (κ3) is 2.95. The zero-order valence-corrected chi connectivity index (χ0v) is 9.35. The molecule has 0 amide bonds. The molecule has 5 nitrogen and oxygen atoms in total. The molecule has 0 aliphatic heterocycles. The molecular formula is C7H10F3N3O2S. The van der Waals surface area contributed by atoms with Crippen molar-refractivity contribution in [3.05, 3.63) is 12.0 Å². The number of nitrogens with one attached hydrogen (secondary N) is 1. The molecule has 92 valence electrons. The molecule has 0 atom stereocenters. The van der Waals surface area contributed by atoms with Crippen molar-refractivity contribution in [2.75, 3.05) is 13.6 Å². The lowest BCUT2D eigenvalue weighted by Crippen LogP contribution is -2.36. The monoisotopic (exact) mass is 257 g/mol. The summed E-state index contributed by atoms with van der Waals surface area (Å²) in [5.74, 6) is 0.319. The Morgan fingerprint density at radius 3 is 2.44 bits per heavy atom. The molecule has 0 radical (unpaired) electrons. The van der Waals surface area contributed by atoms with Crippen molar-refractivity contribution < 1.29 is 21.6 Å². The second-order valence-electron chi connectivity index (χ2n) is 3.21. The van der Waals surface area contributed by atoms with Crippen LogP contribution in [0.5, 0.6) is 0 Å². The summed E-state index contributed by atoms with van der Waals surface area (Å²) >= 11 is 0. The van der Waals surface area contributed by atoms with E-state index in [1.807, 2.05) is 0 Å². The predicted molar refractivity (Wildman–Crippen MR) is 49.2 cm³/mol. The van der Waals surface area contributed by atoms with E-state index in [0.717, 1.165) is 13.2 Å². The minimum atomic E-state index is -4.57. The van der Waals surface area contributed by atoms with Crippen LogP contribution in [0, 0.1) is 6.92 Å². The predicted octanol–water partition coefficient (Wildman–Crippen LogP) is 0.901. The SMILES string of the molecule is Cc1ncc(S(=O)(=O)N(C)CC(F)(F)F)[nH]1. The zero-order chi connectivity index (χ0) is 12.6. The first-order valence-electron chi connectivity index (χ1n) is 4.17. The van der Waals surface area contributed by atoms with Crippen LogP contribution in [0.1, 0.15) is 5.82 Å². The van der Waals surface area contributed by atoms with Gasteiger partial charge >= 0.3 is 6.18 Å². The van der Waals surface area contributed by atoms with Gasteiger partial charge in [-0.25, -0.2) is 13.4 Å². The third-order valence-electron chi connectivity index (χ3n) is 1.77. The number of alkyl halides is 3. The molecular weight excluding hydrogens is 247 g/mol. The van der Waals surface area contributed by atoms with E-state index in [9.17, 15) is 21.6 Å². The number of hydrogen-bond donors (Lipinski definition) is 1. The summed E-state index contributed by atoms with van der Waals surface area (Å²) in [5, 5.41) is -0.350. The zero-order valence-electron chi connectivity index (χ0n) is 8.54. The van der Waals surface area contributed by atoms with Crippen LogP contribution in [0.25, 0.3) is 0 Å². The van der Waals surface area contributed by atoms with Crippen LogP contribution in [-0.4, -0.2) is 42.5 Å². The van der Waals surface area contributed by atoms with Crippen molar-refractivity contribution in [3.8, 4) is 0 Å². The van der Waals surface area contributed by atoms with Crippen LogP contribution in [0.3, 0.4) is 0 Å². The topological polar surface area (TPSA) is 66.1 Å². The van der Waals surface area contributed by atoms with Crippen molar-refractivity contribution in [1.29, 1.82) is 0 Å². The first kappa shape index (κ1) is 13.0. The molecule has 0 saturated heterocycles. The fourth-order valence-electron chi connectivity index (χ4n) is 1.03. The van der Waals surface area contributed by atoms with E-state index in [1.54, 1.807) is 0 Å². The number of rotatable bonds is 3. The first-order chi connectivity index (χ1) is 7.13. The second kappa shape index (κ2) is 4.06. The van der Waals surface area contributed by atoms with Crippen molar-refractivity contribution in [2.24, 2.45) is 0 Å². The van der Waals surface area contributed by atoms with Gasteiger partial charge in [0.1, 0.15) is 12.4 Å². The molecule has 0 saturated carbocycles. The van der Waals surface area contributed by atoms with Crippen LogP contribution >= 0.6 is 0 Å². The molecule has 0 aromatic carbocycles. The van der Waals surface area contributed by atoms with Gasteiger partial charge in [-0.2, -0.15) is 17.5 Å². The van der Waals surface area contributed by atoms with Crippen molar-refractivity contribution in [2.45, 2.75) is 18.1 Å². The van der Waals surface area contributed by atoms with Gasteiger partial charge in [0.05, 0.1) is 6.20 Å². The first-order valence-corrected chi connectivity index (χ1v) is 5.61. The molecule has 1 N–H and O–H groups in total. The number of aryl methyl sites for hydroxylation is 1. The van der Waals surface area contributed by atoms with Crippen LogP contribution in [0.2, 0.25) is 0 Å². The van der Waals surface area contributed by atoms with Gasteiger partial charge in [-0.15, -0.1) is 0 Å². The Hall–Kier alpha value is -1.09. The summed E-state index contributed by atoms with van der Waals surface area (Å²) in [6, 6.07) is 0. The van der Waals surface area contributed by atoms with Crippen molar-refractivity contribution in [3.63, 3.8) is 0 Å². The molecule has 0 bridgehead atoms. The fourth-order valence-corrected chi connectivity index (χ4v) is 2.15. The summed E-state index contributed by atoms with van der Waals surface area (Å²) in [6.07, 6.45) is -3.59. The molecule has 16 heavy (non-hydrogen) atoms. The number of H-pyrrole nitrogens is 1. The highest BCUT2D eigenvalue weighted by molar-refractivity contribution is 7.89. The van der Waals surface area contributed by atoms with Gasteiger partial charge in [0.25, 0.3) is 10.0 Å². The molecule has 0 fully saturated rings. The quantitative estimate of drug-likeness (QED) is 0.875. The lowest BCUT2D eigenvalue weighted by Gasteiger charge is -2.17. The Morgan fingerprint density at radius 1 is 1.50 bits per heavy atom. The van der Waals surface area contributed by atoms with E-state index in [4.69, 9.17) is 0 Å². The molecule has 1 aromatic rings. The lowest BCUT2D eigenvalue weighted by atomic mass is 10.6. The Balaban J connectivity index is 2.95. The number of sulfonamides is 1. The fraction of sp³-hybridized carbons (Fsp3) is 0.571. The van der Waals surface area contributed by atoms with E-state index in [1.165, 1.54) is 6.92 Å². The van der Waals surface area contributed by atoms with Crippen molar-refractivity contribution in [1.82, 2.24) is 14.3 Å². The average Bonchev–Trinajstić information content (AvgIpc) is 2.48. The van der Waals surface area contributed by atoms with Crippen LogP contribution in [0.4, 0.5) is 13.2 Å².